The van der Waals surface area contributed by atoms with Crippen LogP contribution in [-0.4, -0.2) is 24.7 Å². The summed E-state index contributed by atoms with van der Waals surface area (Å²) in [6.45, 7) is 0.896. The second-order valence-electron chi connectivity index (χ2n) is 7.77. The van der Waals surface area contributed by atoms with E-state index in [0.717, 1.165) is 42.5 Å². The predicted octanol–water partition coefficient (Wildman–Crippen LogP) is 5.07. The first-order chi connectivity index (χ1) is 14.9. The Balaban J connectivity index is 1.37. The SMILES string of the molecule is C1=CC2CC=C(c3nnc(SCc4ccccc4)n3CCCc3cnc[nH]3)C2C=C1. The molecule has 2 aromatic heterocycles. The fourth-order valence-electron chi connectivity index (χ4n) is 4.23. The number of aromatic amines is 1. The van der Waals surface area contributed by atoms with E-state index in [1.807, 2.05) is 6.20 Å². The van der Waals surface area contributed by atoms with Crippen molar-refractivity contribution in [1.29, 1.82) is 0 Å². The molecular weight excluding hydrogens is 390 g/mol. The number of hydrogen-bond acceptors (Lipinski definition) is 4. The maximum atomic E-state index is 4.66. The minimum absolute atomic E-state index is 0.414. The third kappa shape index (κ3) is 4.05. The Morgan fingerprint density at radius 2 is 2.00 bits per heavy atom. The highest BCUT2D eigenvalue weighted by molar-refractivity contribution is 7.98. The van der Waals surface area contributed by atoms with Gasteiger partial charge in [-0.15, -0.1) is 10.2 Å². The Morgan fingerprint density at radius 3 is 2.87 bits per heavy atom. The van der Waals surface area contributed by atoms with Crippen LogP contribution in [0.2, 0.25) is 0 Å². The van der Waals surface area contributed by atoms with Gasteiger partial charge in [-0.3, -0.25) is 0 Å². The summed E-state index contributed by atoms with van der Waals surface area (Å²) in [4.78, 5) is 7.33. The van der Waals surface area contributed by atoms with Crippen LogP contribution < -0.4 is 0 Å². The Bertz CT molecular complexity index is 1060. The van der Waals surface area contributed by atoms with Crippen molar-refractivity contribution in [3.05, 3.63) is 90.3 Å². The van der Waals surface area contributed by atoms with Gasteiger partial charge in [-0.25, -0.2) is 4.98 Å². The monoisotopic (exact) mass is 415 g/mol. The third-order valence-electron chi connectivity index (χ3n) is 5.79. The van der Waals surface area contributed by atoms with Crippen molar-refractivity contribution >= 4 is 17.3 Å². The second-order valence-corrected chi connectivity index (χ2v) is 8.71. The fourth-order valence-corrected chi connectivity index (χ4v) is 5.15. The van der Waals surface area contributed by atoms with Crippen LogP contribution in [0.5, 0.6) is 0 Å². The number of benzene rings is 1. The molecule has 5 nitrogen and oxygen atoms in total. The van der Waals surface area contributed by atoms with Crippen LogP contribution >= 0.6 is 11.8 Å². The van der Waals surface area contributed by atoms with Crippen molar-refractivity contribution < 1.29 is 0 Å². The van der Waals surface area contributed by atoms with Gasteiger partial charge in [0.25, 0.3) is 0 Å². The molecule has 2 aliphatic rings. The minimum Gasteiger partial charge on any atom is -0.348 e. The molecule has 2 heterocycles. The lowest BCUT2D eigenvalue weighted by Crippen LogP contribution is -2.13. The van der Waals surface area contributed by atoms with E-state index < -0.39 is 0 Å². The molecule has 0 bridgehead atoms. The van der Waals surface area contributed by atoms with Crippen LogP contribution in [0.4, 0.5) is 0 Å². The molecule has 0 radical (unpaired) electrons. The molecule has 0 aliphatic heterocycles. The number of imidazole rings is 1. The number of aryl methyl sites for hydroxylation is 1. The first-order valence-electron chi connectivity index (χ1n) is 10.5. The molecule has 0 amide bonds. The highest BCUT2D eigenvalue weighted by atomic mass is 32.2. The molecule has 0 fully saturated rings. The van der Waals surface area contributed by atoms with Crippen molar-refractivity contribution in [2.45, 2.75) is 36.7 Å². The standard InChI is InChI=1S/C24H25N5S/c1-2-7-18(8-3-1)16-30-24-28-27-23(22-13-12-19-9-4-5-11-21(19)22)29(24)14-6-10-20-15-25-17-26-20/h1-5,7-9,11,13,15,17,19,21H,6,10,12,14,16H2,(H,25,26). The number of hydrogen-bond donors (Lipinski definition) is 1. The maximum absolute atomic E-state index is 4.66. The fraction of sp³-hybridized carbons (Fsp3) is 0.292. The summed E-state index contributed by atoms with van der Waals surface area (Å²) in [5, 5.41) is 10.3. The lowest BCUT2D eigenvalue weighted by molar-refractivity contribution is 0.571. The van der Waals surface area contributed by atoms with Gasteiger partial charge in [0.05, 0.1) is 6.33 Å². The predicted molar refractivity (Wildman–Crippen MR) is 121 cm³/mol. The van der Waals surface area contributed by atoms with E-state index >= 15 is 0 Å². The lowest BCUT2D eigenvalue weighted by Gasteiger charge is -2.19. The van der Waals surface area contributed by atoms with Crippen LogP contribution in [0.15, 0.2) is 78.4 Å². The number of aromatic nitrogens is 5. The molecule has 0 spiro atoms. The van der Waals surface area contributed by atoms with Gasteiger partial charge in [-0.1, -0.05) is 72.5 Å². The minimum atomic E-state index is 0.414. The molecular formula is C24H25N5S. The largest absolute Gasteiger partial charge is 0.348 e. The summed E-state index contributed by atoms with van der Waals surface area (Å²) >= 11 is 1.77. The third-order valence-corrected chi connectivity index (χ3v) is 6.82. The molecule has 1 N–H and O–H groups in total. The molecule has 152 valence electrons. The van der Waals surface area contributed by atoms with Gasteiger partial charge in [0.2, 0.25) is 0 Å². The van der Waals surface area contributed by atoms with Gasteiger partial charge in [0.15, 0.2) is 11.0 Å². The van der Waals surface area contributed by atoms with Gasteiger partial charge in [-0.05, 0) is 30.7 Å². The molecule has 5 rings (SSSR count). The van der Waals surface area contributed by atoms with E-state index in [-0.39, 0.29) is 0 Å². The van der Waals surface area contributed by atoms with Crippen LogP contribution in [0.1, 0.15) is 29.9 Å². The first-order valence-corrected chi connectivity index (χ1v) is 11.5. The molecule has 30 heavy (non-hydrogen) atoms. The molecule has 2 unspecified atom stereocenters. The van der Waals surface area contributed by atoms with Crippen molar-refractivity contribution in [2.75, 3.05) is 0 Å². The molecule has 3 aromatic rings. The number of nitrogens with zero attached hydrogens (tertiary/aromatic N) is 4. The van der Waals surface area contributed by atoms with Crippen molar-refractivity contribution in [1.82, 2.24) is 24.7 Å². The molecule has 0 saturated carbocycles. The Kier molecular flexibility index (Phi) is 5.66. The Morgan fingerprint density at radius 1 is 1.10 bits per heavy atom. The molecule has 1 aromatic carbocycles. The number of fused-ring (bicyclic) bond motifs is 1. The summed E-state index contributed by atoms with van der Waals surface area (Å²) in [6.07, 6.45) is 18.0. The normalized spacial score (nSPS) is 19.8. The van der Waals surface area contributed by atoms with Gasteiger partial charge >= 0.3 is 0 Å². The highest BCUT2D eigenvalue weighted by Crippen LogP contribution is 2.41. The number of H-pyrrole nitrogens is 1. The number of nitrogens with one attached hydrogen (secondary N) is 1. The Hall–Kier alpha value is -2.86. The zero-order chi connectivity index (χ0) is 20.2. The van der Waals surface area contributed by atoms with Crippen LogP contribution in [0, 0.1) is 11.8 Å². The van der Waals surface area contributed by atoms with Crippen LogP contribution in [0.3, 0.4) is 0 Å². The van der Waals surface area contributed by atoms with Crippen molar-refractivity contribution in [3.8, 4) is 0 Å². The van der Waals surface area contributed by atoms with Gasteiger partial charge in [0.1, 0.15) is 0 Å². The van der Waals surface area contributed by atoms with E-state index in [0.29, 0.717) is 11.8 Å². The van der Waals surface area contributed by atoms with Crippen molar-refractivity contribution in [3.63, 3.8) is 0 Å². The summed E-state index contributed by atoms with van der Waals surface area (Å²) in [5.41, 5.74) is 3.79. The zero-order valence-electron chi connectivity index (χ0n) is 16.8. The lowest BCUT2D eigenvalue weighted by atomic mass is 9.87. The van der Waals surface area contributed by atoms with Crippen molar-refractivity contribution in [2.24, 2.45) is 11.8 Å². The van der Waals surface area contributed by atoms with E-state index in [1.54, 1.807) is 18.1 Å². The Labute approximate surface area is 181 Å². The maximum Gasteiger partial charge on any atom is 0.191 e. The molecule has 0 saturated heterocycles. The summed E-state index contributed by atoms with van der Waals surface area (Å²) in [7, 11) is 0. The van der Waals surface area contributed by atoms with E-state index in [4.69, 9.17) is 0 Å². The van der Waals surface area contributed by atoms with Gasteiger partial charge < -0.3 is 9.55 Å². The van der Waals surface area contributed by atoms with Gasteiger partial charge in [0, 0.05) is 35.7 Å². The second kappa shape index (κ2) is 8.88. The number of thioether (sulfide) groups is 1. The summed E-state index contributed by atoms with van der Waals surface area (Å²) in [5.74, 6) is 2.90. The number of rotatable bonds is 8. The van der Waals surface area contributed by atoms with E-state index in [1.165, 1.54) is 16.8 Å². The van der Waals surface area contributed by atoms with Crippen LogP contribution in [-0.2, 0) is 18.7 Å². The molecule has 2 atom stereocenters. The molecule has 2 aliphatic carbocycles. The zero-order valence-corrected chi connectivity index (χ0v) is 17.6. The first kappa shape index (κ1) is 19.1. The van der Waals surface area contributed by atoms with Gasteiger partial charge in [-0.2, -0.15) is 0 Å². The number of allylic oxidation sites excluding steroid dienone is 6. The smallest absolute Gasteiger partial charge is 0.191 e. The molecule has 6 heteroatoms. The average molecular weight is 416 g/mol. The quantitative estimate of drug-likeness (QED) is 0.522. The van der Waals surface area contributed by atoms with Crippen LogP contribution in [0.25, 0.3) is 5.57 Å². The summed E-state index contributed by atoms with van der Waals surface area (Å²) in [6, 6.07) is 10.6. The van der Waals surface area contributed by atoms with E-state index in [9.17, 15) is 0 Å². The topological polar surface area (TPSA) is 59.4 Å². The highest BCUT2D eigenvalue weighted by Gasteiger charge is 2.31. The van der Waals surface area contributed by atoms with E-state index in [2.05, 4.69) is 85.4 Å². The average Bonchev–Trinajstić information content (AvgIpc) is 3.53. The summed E-state index contributed by atoms with van der Waals surface area (Å²) < 4.78 is 2.32.